The molecule has 0 saturated heterocycles. The van der Waals surface area contributed by atoms with Crippen LogP contribution in [-0.2, 0) is 14.1 Å². The van der Waals surface area contributed by atoms with Gasteiger partial charge in [0.25, 0.3) is 0 Å². The Kier molecular flexibility index (Phi) is 6.00. The van der Waals surface area contributed by atoms with Crippen LogP contribution in [0.5, 0.6) is 0 Å². The fraction of sp³-hybridized carbons (Fsp3) is 0.200. The van der Waals surface area contributed by atoms with Crippen LogP contribution in [0.3, 0.4) is 0 Å². The maximum absolute atomic E-state index is 11.0. The molecule has 2 N–H and O–H groups in total. The highest BCUT2D eigenvalue weighted by Crippen LogP contribution is 2.29. The van der Waals surface area contributed by atoms with Gasteiger partial charge in [0.1, 0.15) is 0 Å². The average Bonchev–Trinajstić information content (AvgIpc) is 3.20. The predicted octanol–water partition coefficient (Wildman–Crippen LogP) is 4.68. The van der Waals surface area contributed by atoms with Gasteiger partial charge in [0.2, 0.25) is 0 Å². The van der Waals surface area contributed by atoms with Crippen LogP contribution in [0.15, 0.2) is 33.2 Å². The lowest BCUT2D eigenvalue weighted by Gasteiger charge is -2.00. The van der Waals surface area contributed by atoms with Gasteiger partial charge < -0.3 is 10.2 Å². The summed E-state index contributed by atoms with van der Waals surface area (Å²) in [4.78, 5) is 22.0. The zero-order valence-corrected chi connectivity index (χ0v) is 19.7. The molecule has 2 heterocycles. The Morgan fingerprint density at radius 3 is 1.40 bits per heavy atom. The van der Waals surface area contributed by atoms with E-state index in [0.29, 0.717) is 10.8 Å². The molecule has 0 aliphatic carbocycles. The summed E-state index contributed by atoms with van der Waals surface area (Å²) in [6.07, 6.45) is 0. The van der Waals surface area contributed by atoms with E-state index < -0.39 is 11.9 Å². The van der Waals surface area contributed by atoms with E-state index in [1.54, 1.807) is 23.5 Å². The van der Waals surface area contributed by atoms with Crippen molar-refractivity contribution in [2.24, 2.45) is 14.1 Å². The quantitative estimate of drug-likeness (QED) is 0.384. The number of aromatic nitrogens is 4. The minimum atomic E-state index is -0.998. The molecule has 156 valence electrons. The van der Waals surface area contributed by atoms with Gasteiger partial charge in [0, 0.05) is 33.8 Å². The molecule has 0 radical (unpaired) electrons. The molecule has 0 unspecified atom stereocenters. The lowest BCUT2D eigenvalue weighted by Crippen LogP contribution is -1.99. The van der Waals surface area contributed by atoms with Gasteiger partial charge in [-0.05, 0) is 49.2 Å². The number of nitrogens with zero attached hydrogens (tertiary/aromatic N) is 4. The van der Waals surface area contributed by atoms with Crippen molar-refractivity contribution >= 4 is 65.6 Å². The number of aromatic carboxylic acids is 2. The lowest BCUT2D eigenvalue weighted by atomic mass is 10.1. The molecule has 0 spiro atoms. The highest BCUT2D eigenvalue weighted by molar-refractivity contribution is 9.10. The van der Waals surface area contributed by atoms with Gasteiger partial charge in [-0.2, -0.15) is 10.2 Å². The van der Waals surface area contributed by atoms with E-state index in [1.807, 2.05) is 38.1 Å². The first-order chi connectivity index (χ1) is 14.0. The molecule has 0 amide bonds. The monoisotopic (exact) mass is 536 g/mol. The number of benzene rings is 2. The van der Waals surface area contributed by atoms with Gasteiger partial charge in [-0.3, -0.25) is 9.36 Å². The molecule has 2 aromatic carbocycles. The minimum Gasteiger partial charge on any atom is -0.476 e. The molecule has 0 bridgehead atoms. The van der Waals surface area contributed by atoms with Crippen molar-refractivity contribution in [2.75, 3.05) is 0 Å². The maximum atomic E-state index is 11.0. The Labute approximate surface area is 188 Å². The molecule has 0 fully saturated rings. The van der Waals surface area contributed by atoms with Crippen molar-refractivity contribution in [1.29, 1.82) is 0 Å². The second-order valence-corrected chi connectivity index (χ2v) is 8.40. The number of halogens is 2. The zero-order chi connectivity index (χ0) is 22.3. The van der Waals surface area contributed by atoms with E-state index in [9.17, 15) is 9.59 Å². The van der Waals surface area contributed by atoms with Crippen LogP contribution in [0.4, 0.5) is 0 Å². The number of aryl methyl sites for hydroxylation is 4. The van der Waals surface area contributed by atoms with Gasteiger partial charge in [-0.1, -0.05) is 31.9 Å². The third-order valence-corrected chi connectivity index (χ3v) is 6.55. The Hall–Kier alpha value is -2.72. The largest absolute Gasteiger partial charge is 0.476 e. The van der Waals surface area contributed by atoms with E-state index in [1.165, 1.54) is 0 Å². The average molecular weight is 538 g/mol. The number of carbonyl (C=O) groups is 2. The van der Waals surface area contributed by atoms with Crippen LogP contribution in [0.1, 0.15) is 32.1 Å². The summed E-state index contributed by atoms with van der Waals surface area (Å²) >= 11 is 6.76. The van der Waals surface area contributed by atoms with E-state index >= 15 is 0 Å². The van der Waals surface area contributed by atoms with E-state index in [2.05, 4.69) is 42.1 Å². The Bertz CT molecular complexity index is 1220. The van der Waals surface area contributed by atoms with Crippen LogP contribution in [-0.4, -0.2) is 41.7 Å². The van der Waals surface area contributed by atoms with Gasteiger partial charge in [-0.25, -0.2) is 9.59 Å². The molecule has 8 nitrogen and oxygen atoms in total. The van der Waals surface area contributed by atoms with Crippen LogP contribution >= 0.6 is 31.9 Å². The van der Waals surface area contributed by atoms with Crippen molar-refractivity contribution in [3.05, 3.63) is 55.7 Å². The second-order valence-electron chi connectivity index (χ2n) is 6.69. The molecule has 4 rings (SSSR count). The van der Waals surface area contributed by atoms with Crippen molar-refractivity contribution in [3.63, 3.8) is 0 Å². The number of rotatable bonds is 2. The molecular weight excluding hydrogens is 520 g/mol. The first-order valence-corrected chi connectivity index (χ1v) is 10.3. The minimum absolute atomic E-state index is 0.103. The SMILES string of the molecule is Cc1c(Br)ccc2c1c(C(=O)O)nn2C.Cc1c(Br)ccc2c1c(C(=O)O)nn2C. The van der Waals surface area contributed by atoms with Gasteiger partial charge in [-0.15, -0.1) is 0 Å². The number of hydrogen-bond donors (Lipinski definition) is 2. The van der Waals surface area contributed by atoms with E-state index in [-0.39, 0.29) is 11.4 Å². The Morgan fingerprint density at radius 1 is 0.767 bits per heavy atom. The molecule has 0 saturated carbocycles. The van der Waals surface area contributed by atoms with Crippen LogP contribution in [0.2, 0.25) is 0 Å². The van der Waals surface area contributed by atoms with Crippen molar-refractivity contribution in [3.8, 4) is 0 Å². The molecule has 4 aromatic rings. The molecule has 10 heteroatoms. The van der Waals surface area contributed by atoms with Crippen LogP contribution in [0.25, 0.3) is 21.8 Å². The number of carboxylic acids is 2. The normalized spacial score (nSPS) is 10.9. The summed E-state index contributed by atoms with van der Waals surface area (Å²) in [6, 6.07) is 7.49. The number of hydrogen-bond acceptors (Lipinski definition) is 4. The molecule has 0 aliphatic heterocycles. The molecule has 2 aromatic heterocycles. The van der Waals surface area contributed by atoms with Crippen LogP contribution < -0.4 is 0 Å². The summed E-state index contributed by atoms with van der Waals surface area (Å²) < 4.78 is 4.95. The first-order valence-electron chi connectivity index (χ1n) is 8.74. The molecule has 0 atom stereocenters. The van der Waals surface area contributed by atoms with E-state index in [0.717, 1.165) is 31.1 Å². The topological polar surface area (TPSA) is 110 Å². The standard InChI is InChI=1S/2C10H9BrN2O2/c2*1-5-6(11)3-4-7-8(5)9(10(14)15)12-13(7)2/h2*3-4H,1-2H3,(H,14,15). The lowest BCUT2D eigenvalue weighted by molar-refractivity contribution is 0.0681. The highest BCUT2D eigenvalue weighted by Gasteiger charge is 2.18. The Balaban J connectivity index is 0.000000171. The van der Waals surface area contributed by atoms with Crippen LogP contribution in [0, 0.1) is 13.8 Å². The predicted molar refractivity (Wildman–Crippen MR) is 120 cm³/mol. The second kappa shape index (κ2) is 8.19. The van der Waals surface area contributed by atoms with Gasteiger partial charge >= 0.3 is 11.9 Å². The van der Waals surface area contributed by atoms with Crippen molar-refractivity contribution in [1.82, 2.24) is 19.6 Å². The third-order valence-electron chi connectivity index (χ3n) is 4.83. The van der Waals surface area contributed by atoms with Crippen molar-refractivity contribution in [2.45, 2.75) is 13.8 Å². The summed E-state index contributed by atoms with van der Waals surface area (Å²) in [6.45, 7) is 3.75. The molecular formula is C20H18Br2N4O4. The molecule has 0 aliphatic rings. The summed E-state index contributed by atoms with van der Waals surface area (Å²) in [5.74, 6) is -2.00. The van der Waals surface area contributed by atoms with Gasteiger partial charge in [0.15, 0.2) is 11.4 Å². The van der Waals surface area contributed by atoms with Crippen molar-refractivity contribution < 1.29 is 19.8 Å². The summed E-state index contributed by atoms with van der Waals surface area (Å²) in [5, 5.41) is 27.4. The van der Waals surface area contributed by atoms with E-state index in [4.69, 9.17) is 10.2 Å². The number of fused-ring (bicyclic) bond motifs is 2. The first kappa shape index (κ1) is 22.0. The summed E-state index contributed by atoms with van der Waals surface area (Å²) in [5.41, 5.74) is 3.66. The fourth-order valence-electron chi connectivity index (χ4n) is 3.29. The summed E-state index contributed by atoms with van der Waals surface area (Å²) in [7, 11) is 3.48. The number of carboxylic acid groups (broad SMARTS) is 2. The third kappa shape index (κ3) is 3.72. The maximum Gasteiger partial charge on any atom is 0.357 e. The fourth-order valence-corrected chi connectivity index (χ4v) is 3.95. The molecule has 30 heavy (non-hydrogen) atoms. The highest BCUT2D eigenvalue weighted by atomic mass is 79.9. The smallest absolute Gasteiger partial charge is 0.357 e. The van der Waals surface area contributed by atoms with Gasteiger partial charge in [0.05, 0.1) is 11.0 Å². The zero-order valence-electron chi connectivity index (χ0n) is 16.6. The Morgan fingerprint density at radius 2 is 1.10 bits per heavy atom.